The molecule has 3 aromatic heterocycles. The van der Waals surface area contributed by atoms with Gasteiger partial charge in [0.15, 0.2) is 5.65 Å². The minimum absolute atomic E-state index is 0.142. The number of fused-ring (bicyclic) bond motifs is 1. The average Bonchev–Trinajstić information content (AvgIpc) is 3.48. The van der Waals surface area contributed by atoms with Gasteiger partial charge in [-0.05, 0) is 55.9 Å². The van der Waals surface area contributed by atoms with Gasteiger partial charge < -0.3 is 5.73 Å². The van der Waals surface area contributed by atoms with E-state index in [-0.39, 0.29) is 5.56 Å². The van der Waals surface area contributed by atoms with Gasteiger partial charge in [-0.1, -0.05) is 13.0 Å². The largest absolute Gasteiger partial charge is 0.383 e. The van der Waals surface area contributed by atoms with Crippen LogP contribution in [0.1, 0.15) is 42.5 Å². The van der Waals surface area contributed by atoms with Crippen molar-refractivity contribution in [3.05, 3.63) is 65.1 Å². The van der Waals surface area contributed by atoms with Crippen LogP contribution in [0.25, 0.3) is 28.0 Å². The van der Waals surface area contributed by atoms with E-state index >= 15 is 0 Å². The molecule has 152 valence electrons. The van der Waals surface area contributed by atoms with Crippen LogP contribution in [0.5, 0.6) is 0 Å². The zero-order chi connectivity index (χ0) is 21.0. The van der Waals surface area contributed by atoms with Gasteiger partial charge in [-0.3, -0.25) is 4.98 Å². The van der Waals surface area contributed by atoms with E-state index in [2.05, 4.69) is 10.1 Å². The van der Waals surface area contributed by atoms with Gasteiger partial charge in [0.1, 0.15) is 17.5 Å². The summed E-state index contributed by atoms with van der Waals surface area (Å²) in [7, 11) is 0. The Kier molecular flexibility index (Phi) is 4.27. The number of nitrogen functional groups attached to an aromatic ring is 1. The molecule has 7 heteroatoms. The third kappa shape index (κ3) is 2.93. The third-order valence-corrected chi connectivity index (χ3v) is 5.76. The highest BCUT2D eigenvalue weighted by molar-refractivity contribution is 5.79. The van der Waals surface area contributed by atoms with Gasteiger partial charge in [0, 0.05) is 34.1 Å². The van der Waals surface area contributed by atoms with E-state index in [1.165, 1.54) is 12.1 Å². The Morgan fingerprint density at radius 1 is 1.10 bits per heavy atom. The van der Waals surface area contributed by atoms with Crippen molar-refractivity contribution in [3.63, 3.8) is 0 Å². The Hall–Kier alpha value is -3.35. The minimum Gasteiger partial charge on any atom is -0.383 e. The Morgan fingerprint density at radius 2 is 1.90 bits per heavy atom. The predicted octanol–water partition coefficient (Wildman–Crippen LogP) is 5.07. The molecule has 1 aromatic carbocycles. The van der Waals surface area contributed by atoms with Crippen molar-refractivity contribution in [2.24, 2.45) is 0 Å². The summed E-state index contributed by atoms with van der Waals surface area (Å²) in [5, 5.41) is 4.42. The first kappa shape index (κ1) is 18.7. The lowest BCUT2D eigenvalue weighted by atomic mass is 10.0. The highest BCUT2D eigenvalue weighted by Gasteiger charge is 2.30. The van der Waals surface area contributed by atoms with Crippen molar-refractivity contribution in [1.29, 1.82) is 0 Å². The van der Waals surface area contributed by atoms with Crippen LogP contribution in [0.4, 0.5) is 14.6 Å². The first-order valence-corrected chi connectivity index (χ1v) is 10.1. The molecule has 2 N–H and O–H groups in total. The summed E-state index contributed by atoms with van der Waals surface area (Å²) < 4.78 is 30.2. The van der Waals surface area contributed by atoms with Crippen LogP contribution in [0.2, 0.25) is 0 Å². The van der Waals surface area contributed by atoms with Crippen molar-refractivity contribution < 1.29 is 8.78 Å². The van der Waals surface area contributed by atoms with E-state index in [1.54, 1.807) is 29.9 Å². The van der Waals surface area contributed by atoms with Gasteiger partial charge in [0.25, 0.3) is 0 Å². The lowest BCUT2D eigenvalue weighted by molar-refractivity contribution is 0.589. The Morgan fingerprint density at radius 3 is 2.57 bits per heavy atom. The monoisotopic (exact) mass is 405 g/mol. The number of hydrogen-bond donors (Lipinski definition) is 1. The number of hydrogen-bond acceptors (Lipinski definition) is 4. The lowest BCUT2D eigenvalue weighted by Crippen LogP contribution is -2.07. The van der Waals surface area contributed by atoms with Crippen molar-refractivity contribution in [1.82, 2.24) is 19.6 Å². The van der Waals surface area contributed by atoms with Gasteiger partial charge in [-0.25, -0.2) is 13.8 Å². The number of rotatable bonds is 4. The molecule has 4 aromatic rings. The van der Waals surface area contributed by atoms with Gasteiger partial charge in [-0.2, -0.15) is 9.61 Å². The molecule has 3 heterocycles. The summed E-state index contributed by atoms with van der Waals surface area (Å²) in [6.45, 7) is 3.76. The van der Waals surface area contributed by atoms with Crippen molar-refractivity contribution in [2.45, 2.75) is 39.0 Å². The van der Waals surface area contributed by atoms with Crippen LogP contribution in [0.15, 0.2) is 36.7 Å². The molecule has 0 atom stereocenters. The molecule has 0 bridgehead atoms. The molecule has 0 saturated heterocycles. The Labute approximate surface area is 172 Å². The quantitative estimate of drug-likeness (QED) is 0.515. The zero-order valence-electron chi connectivity index (χ0n) is 16.8. The van der Waals surface area contributed by atoms with Crippen LogP contribution in [0, 0.1) is 18.6 Å². The van der Waals surface area contributed by atoms with Crippen molar-refractivity contribution in [2.75, 3.05) is 5.73 Å². The van der Waals surface area contributed by atoms with Crippen LogP contribution < -0.4 is 5.73 Å². The lowest BCUT2D eigenvalue weighted by Gasteiger charge is -2.10. The van der Waals surface area contributed by atoms with Gasteiger partial charge in [0.2, 0.25) is 0 Å². The third-order valence-electron chi connectivity index (χ3n) is 5.76. The highest BCUT2D eigenvalue weighted by Crippen LogP contribution is 2.44. The summed E-state index contributed by atoms with van der Waals surface area (Å²) in [6, 6.07) is 5.93. The summed E-state index contributed by atoms with van der Waals surface area (Å²) in [5.74, 6) is 0.195. The maximum atomic E-state index is 14.4. The molecule has 0 radical (unpaired) electrons. The fourth-order valence-electron chi connectivity index (χ4n) is 3.99. The predicted molar refractivity (Wildman–Crippen MR) is 112 cm³/mol. The maximum Gasteiger partial charge on any atom is 0.165 e. The molecule has 0 amide bonds. The molecule has 1 fully saturated rings. The van der Waals surface area contributed by atoms with Crippen LogP contribution in [-0.4, -0.2) is 19.6 Å². The van der Waals surface area contributed by atoms with E-state index in [4.69, 9.17) is 10.7 Å². The fourth-order valence-corrected chi connectivity index (χ4v) is 3.99. The van der Waals surface area contributed by atoms with E-state index < -0.39 is 11.6 Å². The number of halogens is 2. The summed E-state index contributed by atoms with van der Waals surface area (Å²) in [6.07, 6.45) is 6.03. The molecule has 5 rings (SSSR count). The number of pyridine rings is 1. The van der Waals surface area contributed by atoms with E-state index in [1.807, 2.05) is 13.0 Å². The SMILES string of the molecule is CCc1cc(F)c(-c2ccc(-c3cnn4c(N)c(C5CC5)c(C)nc34)cn2)cc1F. The fraction of sp³-hybridized carbons (Fsp3) is 0.261. The van der Waals surface area contributed by atoms with E-state index in [0.717, 1.165) is 35.2 Å². The molecule has 0 aliphatic heterocycles. The first-order valence-electron chi connectivity index (χ1n) is 10.1. The average molecular weight is 405 g/mol. The smallest absolute Gasteiger partial charge is 0.165 e. The summed E-state index contributed by atoms with van der Waals surface area (Å²) in [5.41, 5.74) is 11.5. The van der Waals surface area contributed by atoms with Gasteiger partial charge in [0.05, 0.1) is 11.9 Å². The number of nitrogens with zero attached hydrogens (tertiary/aromatic N) is 4. The number of benzene rings is 1. The van der Waals surface area contributed by atoms with E-state index in [0.29, 0.717) is 35.1 Å². The summed E-state index contributed by atoms with van der Waals surface area (Å²) in [4.78, 5) is 9.11. The van der Waals surface area contributed by atoms with Crippen LogP contribution >= 0.6 is 0 Å². The standard InChI is InChI=1S/C23H21F2N5/c1-3-13-8-19(25)16(9-18(13)24)20-7-6-15(10-27-20)17-11-28-30-22(26)21(14-4-5-14)12(2)29-23(17)30/h6-11,14H,3-5,26H2,1-2H3. The first-order chi connectivity index (χ1) is 14.5. The van der Waals surface area contributed by atoms with Gasteiger partial charge >= 0.3 is 0 Å². The molecular formula is C23H21F2N5. The normalized spacial score (nSPS) is 13.9. The van der Waals surface area contributed by atoms with E-state index in [9.17, 15) is 8.78 Å². The minimum atomic E-state index is -0.484. The highest BCUT2D eigenvalue weighted by atomic mass is 19.1. The molecule has 1 aliphatic carbocycles. The second kappa shape index (κ2) is 6.86. The zero-order valence-corrected chi connectivity index (χ0v) is 16.8. The number of aromatic nitrogens is 4. The number of nitrogens with two attached hydrogens (primary N) is 1. The molecule has 1 aliphatic rings. The Balaban J connectivity index is 1.55. The summed E-state index contributed by atoms with van der Waals surface area (Å²) >= 11 is 0. The molecule has 30 heavy (non-hydrogen) atoms. The topological polar surface area (TPSA) is 69.1 Å². The maximum absolute atomic E-state index is 14.4. The molecule has 1 saturated carbocycles. The van der Waals surface area contributed by atoms with Gasteiger partial charge in [-0.15, -0.1) is 0 Å². The molecular weight excluding hydrogens is 384 g/mol. The van der Waals surface area contributed by atoms with Crippen molar-refractivity contribution >= 4 is 11.5 Å². The molecule has 0 unspecified atom stereocenters. The van der Waals surface area contributed by atoms with Crippen LogP contribution in [-0.2, 0) is 6.42 Å². The molecule has 0 spiro atoms. The second-order valence-electron chi connectivity index (χ2n) is 7.77. The number of aryl methyl sites for hydroxylation is 2. The Bertz CT molecular complexity index is 1270. The molecule has 5 nitrogen and oxygen atoms in total. The van der Waals surface area contributed by atoms with Crippen molar-refractivity contribution in [3.8, 4) is 22.4 Å². The van der Waals surface area contributed by atoms with Crippen LogP contribution in [0.3, 0.4) is 0 Å². The number of anilines is 1. The second-order valence-corrected chi connectivity index (χ2v) is 7.77.